The summed E-state index contributed by atoms with van der Waals surface area (Å²) in [7, 11) is -9.58. The van der Waals surface area contributed by atoms with Gasteiger partial charge in [-0.25, -0.2) is 9.97 Å². The lowest BCUT2D eigenvalue weighted by atomic mass is 10.2. The summed E-state index contributed by atoms with van der Waals surface area (Å²) in [6, 6.07) is 0. The highest BCUT2D eigenvalue weighted by molar-refractivity contribution is 7.53. The van der Waals surface area contributed by atoms with Crippen molar-refractivity contribution >= 4 is 35.3 Å². The molecule has 2 amide bonds. The van der Waals surface area contributed by atoms with Gasteiger partial charge in [0.05, 0.1) is 26.4 Å². The molecule has 2 aromatic heterocycles. The van der Waals surface area contributed by atoms with E-state index in [2.05, 4.69) is 9.97 Å². The highest BCUT2D eigenvalue weighted by Crippen LogP contribution is 2.50. The van der Waals surface area contributed by atoms with Crippen molar-refractivity contribution in [2.45, 2.75) is 123 Å². The fraction of sp³-hybridized carbons (Fsp3) is 0.758. The maximum Gasteiger partial charge on any atom is 0.356 e. The number of hydrogen-bond acceptors (Lipinski definition) is 20. The van der Waals surface area contributed by atoms with Crippen molar-refractivity contribution in [3.8, 4) is 11.8 Å². The second-order valence-corrected chi connectivity index (χ2v) is 23.2. The fourth-order valence-corrected chi connectivity index (χ4v) is 8.91. The molecule has 2 aromatic rings. The van der Waals surface area contributed by atoms with E-state index in [9.17, 15) is 44.3 Å². The van der Waals surface area contributed by atoms with Crippen LogP contribution in [0.5, 0.6) is 11.8 Å². The second kappa shape index (κ2) is 22.0. The number of amides is 2. The zero-order chi connectivity index (χ0) is 44.7. The third-order valence-corrected chi connectivity index (χ3v) is 17.0. The van der Waals surface area contributed by atoms with Gasteiger partial charge < -0.3 is 78.5 Å². The topological polar surface area (TPSA) is 340 Å². The molecule has 2 fully saturated rings. The normalized spacial score (nSPS) is 24.8. The molecule has 2 aliphatic heterocycles. The highest BCUT2D eigenvalue weighted by atomic mass is 31.2. The molecule has 0 aliphatic carbocycles. The molecule has 0 spiro atoms. The van der Waals surface area contributed by atoms with E-state index in [-0.39, 0.29) is 50.5 Å². The molecule has 24 nitrogen and oxygen atoms in total. The van der Waals surface area contributed by atoms with Crippen LogP contribution in [0.2, 0.25) is 18.1 Å². The van der Waals surface area contributed by atoms with Gasteiger partial charge in [-0.1, -0.05) is 28.2 Å². The number of aliphatic hydroxyl groups is 4. The molecule has 60 heavy (non-hydrogen) atoms. The van der Waals surface area contributed by atoms with Crippen LogP contribution in [-0.2, 0) is 46.2 Å². The van der Waals surface area contributed by atoms with Gasteiger partial charge in [0.2, 0.25) is 11.8 Å². The van der Waals surface area contributed by atoms with Crippen LogP contribution in [0.15, 0.2) is 12.7 Å². The van der Waals surface area contributed by atoms with Crippen LogP contribution in [0.25, 0.3) is 0 Å². The summed E-state index contributed by atoms with van der Waals surface area (Å²) in [6.45, 7) is 17.1. The lowest BCUT2D eigenvalue weighted by Crippen LogP contribution is -2.45. The average Bonchev–Trinajstić information content (AvgIpc) is 3.87. The Morgan fingerprint density at radius 3 is 1.45 bits per heavy atom. The SMILES string of the molecule is C.CCOP(=O)(CO[C@H]1O[C@@H](n2cnc(C(N)=O)c2O)[C@H](O)[C@@H]1O)OCC.CCOP(=O)(CO[C@H]1O[C@@H](n2cnc(C(N)=O)c2O[Si](C)(C)C(C)(C)C)[C@H](O)[C@@H]1O)OCC. The van der Waals surface area contributed by atoms with Crippen LogP contribution >= 0.6 is 15.2 Å². The molecule has 4 rings (SSSR count). The average molecular weight is 921 g/mol. The first-order chi connectivity index (χ1) is 27.4. The summed E-state index contributed by atoms with van der Waals surface area (Å²) in [5, 5.41) is 51.1. The molecule has 4 heterocycles. The Morgan fingerprint density at radius 1 is 0.733 bits per heavy atom. The molecule has 27 heteroatoms. The van der Waals surface area contributed by atoms with Crippen LogP contribution in [0.3, 0.4) is 0 Å². The number of aromatic nitrogens is 4. The Hall–Kier alpha value is -2.84. The maximum absolute atomic E-state index is 12.6. The zero-order valence-corrected chi connectivity index (χ0v) is 37.2. The van der Waals surface area contributed by atoms with Gasteiger partial charge >= 0.3 is 15.2 Å². The van der Waals surface area contributed by atoms with Crippen molar-refractivity contribution < 1.29 is 85.7 Å². The van der Waals surface area contributed by atoms with E-state index in [1.807, 2.05) is 33.9 Å². The number of carbonyl (C=O) groups excluding carboxylic acids is 2. The van der Waals surface area contributed by atoms with Crippen LogP contribution < -0.4 is 15.9 Å². The smallest absolute Gasteiger partial charge is 0.356 e. The van der Waals surface area contributed by atoms with Gasteiger partial charge in [-0.2, -0.15) is 0 Å². The molecule has 0 aromatic carbocycles. The Balaban J connectivity index is 0.000000418. The van der Waals surface area contributed by atoms with Gasteiger partial charge in [-0.05, 0) is 45.8 Å². The summed E-state index contributed by atoms with van der Waals surface area (Å²) in [6.07, 6.45) is -10.0. The highest BCUT2D eigenvalue weighted by Gasteiger charge is 2.49. The molecule has 0 saturated carbocycles. The number of rotatable bonds is 20. The summed E-state index contributed by atoms with van der Waals surface area (Å²) in [5.41, 5.74) is 10.00. The minimum atomic E-state index is -3.57. The molecular formula is C33H62N6O18P2Si. The van der Waals surface area contributed by atoms with E-state index in [1.165, 1.54) is 10.9 Å². The van der Waals surface area contributed by atoms with E-state index in [4.69, 9.17) is 52.9 Å². The number of aliphatic hydroxyl groups excluding tert-OH is 4. The molecular weight excluding hydrogens is 858 g/mol. The van der Waals surface area contributed by atoms with E-state index in [0.29, 0.717) is 0 Å². The van der Waals surface area contributed by atoms with Gasteiger partial charge in [0.1, 0.15) is 37.1 Å². The molecule has 0 radical (unpaired) electrons. The first-order valence-electron chi connectivity index (χ1n) is 18.5. The van der Waals surface area contributed by atoms with Crippen LogP contribution in [-0.4, -0.2) is 141 Å². The van der Waals surface area contributed by atoms with Gasteiger partial charge in [0, 0.05) is 0 Å². The van der Waals surface area contributed by atoms with E-state index in [1.54, 1.807) is 27.7 Å². The summed E-state index contributed by atoms with van der Waals surface area (Å²) < 4.78 is 75.7. The standard InChI is InChI=1S/C19H36N3O9PSi.C13H22N3O9P.CH4/c1-8-28-32(26,29-9-2)11-27-18-14(24)13(23)17(30-18)22-10-21-12(15(20)25)16(22)31-33(6,7)19(3,4)5;1-3-23-26(21,24-4-2)6-22-13-9(18)8(17)12(25-13)16-5-15-7(10(14)19)11(16)20;/h10,13-14,17-18,23-24H,8-9,11H2,1-7H3,(H2,20,25);5,8-9,12-13,17-18,20H,3-4,6H2,1-2H3,(H2,14,19);1H4/t13-,14+,17-,18+;8-,9+,12-,13+;/m11./s1. The van der Waals surface area contributed by atoms with E-state index < -0.39 is 109 Å². The second-order valence-electron chi connectivity index (χ2n) is 14.5. The van der Waals surface area contributed by atoms with Gasteiger partial charge in [0.15, 0.2) is 49.1 Å². The number of nitrogens with two attached hydrogens (primary N) is 2. The molecule has 8 atom stereocenters. The van der Waals surface area contributed by atoms with Gasteiger partial charge in [-0.3, -0.25) is 27.9 Å². The Kier molecular flexibility index (Phi) is 19.5. The number of hydrogen-bond donors (Lipinski definition) is 7. The first-order valence-corrected chi connectivity index (χ1v) is 24.9. The molecule has 0 unspecified atom stereocenters. The summed E-state index contributed by atoms with van der Waals surface area (Å²) >= 11 is 0. The van der Waals surface area contributed by atoms with Crippen molar-refractivity contribution in [3.63, 3.8) is 0 Å². The number of primary amides is 2. The van der Waals surface area contributed by atoms with Crippen molar-refractivity contribution in [1.29, 1.82) is 0 Å². The van der Waals surface area contributed by atoms with Gasteiger partial charge in [0.25, 0.3) is 20.1 Å². The predicted octanol–water partition coefficient (Wildman–Crippen LogP) is 2.32. The fourth-order valence-electron chi connectivity index (χ4n) is 5.24. The number of carbonyl (C=O) groups is 2. The van der Waals surface area contributed by atoms with E-state index >= 15 is 0 Å². The van der Waals surface area contributed by atoms with Crippen LogP contribution in [0.1, 0.15) is 89.3 Å². The van der Waals surface area contributed by atoms with Gasteiger partial charge in [-0.15, -0.1) is 0 Å². The third-order valence-electron chi connectivity index (χ3n) is 9.18. The van der Waals surface area contributed by atoms with Crippen molar-refractivity contribution in [3.05, 3.63) is 24.0 Å². The predicted molar refractivity (Wildman–Crippen MR) is 213 cm³/mol. The number of ether oxygens (including phenoxy) is 4. The monoisotopic (exact) mass is 920 g/mol. The molecule has 0 bridgehead atoms. The molecule has 346 valence electrons. The van der Waals surface area contributed by atoms with Crippen LogP contribution in [0.4, 0.5) is 0 Å². The Labute approximate surface area is 349 Å². The minimum absolute atomic E-state index is 0. The Morgan fingerprint density at radius 2 is 1.10 bits per heavy atom. The third kappa shape index (κ3) is 12.6. The molecule has 2 aliphatic rings. The number of imidazole rings is 2. The number of nitrogens with zero attached hydrogens (tertiary/aromatic N) is 4. The Bertz CT molecular complexity index is 1790. The molecule has 2 saturated heterocycles. The van der Waals surface area contributed by atoms with Crippen molar-refractivity contribution in [1.82, 2.24) is 19.1 Å². The minimum Gasteiger partial charge on any atom is -0.530 e. The van der Waals surface area contributed by atoms with Crippen molar-refractivity contribution in [2.24, 2.45) is 11.5 Å². The zero-order valence-electron chi connectivity index (χ0n) is 34.4. The summed E-state index contributed by atoms with van der Waals surface area (Å²) in [4.78, 5) is 30.8. The first kappa shape index (κ1) is 53.3. The largest absolute Gasteiger partial charge is 0.530 e. The maximum atomic E-state index is 12.6. The number of aromatic hydroxyl groups is 1. The lowest BCUT2D eigenvalue weighted by Gasteiger charge is -2.37. The summed E-state index contributed by atoms with van der Waals surface area (Å²) in [5.74, 6) is -2.38. The van der Waals surface area contributed by atoms with E-state index in [0.717, 1.165) is 10.9 Å². The quantitative estimate of drug-likeness (QED) is 0.0740. The lowest BCUT2D eigenvalue weighted by molar-refractivity contribution is -0.169. The van der Waals surface area contributed by atoms with Crippen LogP contribution in [0, 0.1) is 0 Å². The molecule has 9 N–H and O–H groups in total. The van der Waals surface area contributed by atoms with Crippen molar-refractivity contribution in [2.75, 3.05) is 39.1 Å².